The highest BCUT2D eigenvalue weighted by Crippen LogP contribution is 2.44. The molecule has 2 aromatic rings. The van der Waals surface area contributed by atoms with Gasteiger partial charge in [0, 0.05) is 5.69 Å². The Balaban J connectivity index is 2.25. The van der Waals surface area contributed by atoms with Crippen LogP contribution in [0.3, 0.4) is 0 Å². The molecule has 0 aliphatic carbocycles. The third-order valence-electron chi connectivity index (χ3n) is 3.89. The van der Waals surface area contributed by atoms with E-state index in [0.717, 1.165) is 4.90 Å². The second-order valence-electron chi connectivity index (χ2n) is 5.56. The summed E-state index contributed by atoms with van der Waals surface area (Å²) in [5, 5.41) is 0.290. The number of ether oxygens (including phenoxy) is 1. The summed E-state index contributed by atoms with van der Waals surface area (Å²) in [6.45, 7) is 0. The van der Waals surface area contributed by atoms with Gasteiger partial charge in [0.25, 0.3) is 12.1 Å². The Bertz CT molecular complexity index is 941. The zero-order valence-electron chi connectivity index (χ0n) is 14.1. The number of para-hydroxylation sites is 1. The second-order valence-corrected chi connectivity index (χ2v) is 6.64. The van der Waals surface area contributed by atoms with Crippen LogP contribution < -0.4 is 21.1 Å². The van der Waals surface area contributed by atoms with E-state index in [0.29, 0.717) is 5.69 Å². The summed E-state index contributed by atoms with van der Waals surface area (Å²) in [5.41, 5.74) is 2.80. The number of amides is 3. The van der Waals surface area contributed by atoms with Crippen molar-refractivity contribution in [1.29, 1.82) is 0 Å². The van der Waals surface area contributed by atoms with Gasteiger partial charge in [0.05, 0.1) is 21.4 Å². The summed E-state index contributed by atoms with van der Waals surface area (Å²) in [4.78, 5) is 39.6. The predicted octanol–water partition coefficient (Wildman–Crippen LogP) is 3.17. The minimum Gasteiger partial charge on any atom is -0.430 e. The van der Waals surface area contributed by atoms with E-state index in [4.69, 9.17) is 45.4 Å². The van der Waals surface area contributed by atoms with Crippen LogP contribution in [0.15, 0.2) is 42.5 Å². The quantitative estimate of drug-likeness (QED) is 0.249. The molecule has 0 fully saturated rings. The molecule has 3 N–H and O–H groups in total. The molecule has 3 amide bonds. The first-order valence-electron chi connectivity index (χ1n) is 7.82. The number of urea groups is 1. The third-order valence-corrected chi connectivity index (χ3v) is 4.83. The van der Waals surface area contributed by atoms with Crippen molar-refractivity contribution in [3.8, 4) is 0 Å². The number of hydrogen-bond donors (Lipinski definition) is 2. The molecule has 0 spiro atoms. The molecule has 1 atom stereocenters. The fraction of sp³-hybridized carbons (Fsp3) is 0.118. The number of rotatable bonds is 3. The maximum absolute atomic E-state index is 13.2. The van der Waals surface area contributed by atoms with Crippen molar-refractivity contribution in [2.45, 2.75) is 6.23 Å². The number of hydrazine groups is 1. The Kier molecular flexibility index (Phi) is 5.95. The molecule has 3 rings (SSSR count). The van der Waals surface area contributed by atoms with Crippen LogP contribution in [0.5, 0.6) is 0 Å². The Morgan fingerprint density at radius 3 is 2.29 bits per heavy atom. The number of nitrogens with two attached hydrogens (primary N) is 1. The highest BCUT2D eigenvalue weighted by atomic mass is 35.5. The Labute approximate surface area is 174 Å². The molecular weight excluding hydrogens is 431 g/mol. The Morgan fingerprint density at radius 1 is 1.11 bits per heavy atom. The molecule has 0 radical (unpaired) electrons. The Morgan fingerprint density at radius 2 is 1.71 bits per heavy atom. The van der Waals surface area contributed by atoms with Gasteiger partial charge in [0.15, 0.2) is 0 Å². The number of esters is 1. The number of carbonyl (C=O) groups is 3. The predicted molar refractivity (Wildman–Crippen MR) is 106 cm³/mol. The average molecular weight is 444 g/mol. The lowest BCUT2D eigenvalue weighted by Gasteiger charge is -2.40. The molecule has 11 heteroatoms. The zero-order valence-corrected chi connectivity index (χ0v) is 16.3. The van der Waals surface area contributed by atoms with Crippen LogP contribution in [0.2, 0.25) is 10.0 Å². The van der Waals surface area contributed by atoms with Crippen molar-refractivity contribution < 1.29 is 19.1 Å². The molecule has 146 valence electrons. The molecule has 2 aromatic carbocycles. The third kappa shape index (κ3) is 3.59. The first-order chi connectivity index (χ1) is 13.4. The van der Waals surface area contributed by atoms with Crippen molar-refractivity contribution >= 4 is 69.8 Å². The fourth-order valence-electron chi connectivity index (χ4n) is 2.75. The number of benzene rings is 2. The highest BCUT2D eigenvalue weighted by molar-refractivity contribution is 6.42. The number of halogens is 3. The summed E-state index contributed by atoms with van der Waals surface area (Å²) in [6, 6.07) is 10.5. The largest absolute Gasteiger partial charge is 0.430 e. The minimum absolute atomic E-state index is 0.125. The normalized spacial score (nSPS) is 15.9. The van der Waals surface area contributed by atoms with Gasteiger partial charge >= 0.3 is 12.0 Å². The summed E-state index contributed by atoms with van der Waals surface area (Å²) < 4.78 is 5.14. The first kappa shape index (κ1) is 20.2. The van der Waals surface area contributed by atoms with Crippen LogP contribution >= 0.6 is 34.8 Å². The molecule has 1 heterocycles. The molecule has 0 bridgehead atoms. The monoisotopic (exact) mass is 442 g/mol. The van der Waals surface area contributed by atoms with Crippen LogP contribution in [0.4, 0.5) is 21.9 Å². The van der Waals surface area contributed by atoms with E-state index in [1.807, 2.05) is 5.43 Å². The maximum atomic E-state index is 13.2. The van der Waals surface area contributed by atoms with Gasteiger partial charge in [-0.25, -0.2) is 15.5 Å². The Hall–Kier alpha value is -2.52. The van der Waals surface area contributed by atoms with Crippen LogP contribution in [0.25, 0.3) is 0 Å². The topological polar surface area (TPSA) is 105 Å². The molecule has 8 nitrogen and oxygen atoms in total. The minimum atomic E-state index is -1.65. The number of nitrogens with zero attached hydrogens (tertiary/aromatic N) is 2. The van der Waals surface area contributed by atoms with E-state index >= 15 is 0 Å². The summed E-state index contributed by atoms with van der Waals surface area (Å²) in [6.07, 6.45) is -1.65. The van der Waals surface area contributed by atoms with Crippen LogP contribution in [-0.2, 0) is 14.3 Å². The lowest BCUT2D eigenvalue weighted by atomic mass is 10.1. The van der Waals surface area contributed by atoms with E-state index in [2.05, 4.69) is 0 Å². The van der Waals surface area contributed by atoms with Crippen molar-refractivity contribution in [2.24, 2.45) is 5.84 Å². The molecule has 1 unspecified atom stereocenters. The number of alkyl halides is 1. The first-order valence-corrected chi connectivity index (χ1v) is 9.11. The van der Waals surface area contributed by atoms with Crippen LogP contribution in [0, 0.1) is 0 Å². The molecule has 0 aromatic heterocycles. The smallest absolute Gasteiger partial charge is 0.339 e. The maximum Gasteiger partial charge on any atom is 0.339 e. The van der Waals surface area contributed by atoms with E-state index in [-0.39, 0.29) is 21.4 Å². The van der Waals surface area contributed by atoms with Gasteiger partial charge in [0.2, 0.25) is 0 Å². The molecule has 1 aliphatic rings. The lowest BCUT2D eigenvalue weighted by molar-refractivity contribution is -0.152. The number of carbonyl (C=O) groups excluding carboxylic acids is 3. The van der Waals surface area contributed by atoms with E-state index in [9.17, 15) is 14.4 Å². The van der Waals surface area contributed by atoms with Crippen molar-refractivity contribution in [1.82, 2.24) is 5.43 Å². The number of hydrogen-bond acceptors (Lipinski definition) is 5. The van der Waals surface area contributed by atoms with Crippen molar-refractivity contribution in [3.63, 3.8) is 0 Å². The van der Waals surface area contributed by atoms with E-state index in [1.54, 1.807) is 30.3 Å². The molecule has 0 saturated heterocycles. The van der Waals surface area contributed by atoms with E-state index < -0.39 is 30.0 Å². The average Bonchev–Trinajstić information content (AvgIpc) is 2.70. The summed E-state index contributed by atoms with van der Waals surface area (Å²) >= 11 is 17.7. The lowest BCUT2D eigenvalue weighted by Crippen LogP contribution is -2.59. The number of fused-ring (bicyclic) bond motifs is 1. The van der Waals surface area contributed by atoms with Gasteiger partial charge < -0.3 is 4.74 Å². The standard InChI is InChI=1S/C17H13Cl3N4O4/c18-8-14(25)28-16-15(26)23(9-4-2-1-3-5-9)12-6-10(19)11(20)7-13(12)24(16)17(27)22-21/h1-7,16H,8,21H2,(H,22,27). The zero-order chi connectivity index (χ0) is 20.4. The van der Waals surface area contributed by atoms with Gasteiger partial charge in [-0.05, 0) is 24.3 Å². The number of nitrogens with one attached hydrogen (secondary N) is 1. The van der Waals surface area contributed by atoms with Crippen LogP contribution in [-0.4, -0.2) is 30.0 Å². The van der Waals surface area contributed by atoms with Gasteiger partial charge in [-0.2, -0.15) is 0 Å². The summed E-state index contributed by atoms with van der Waals surface area (Å²) in [7, 11) is 0. The fourth-order valence-corrected chi connectivity index (χ4v) is 3.13. The molecule has 0 saturated carbocycles. The summed E-state index contributed by atoms with van der Waals surface area (Å²) in [5.74, 6) is 3.12. The van der Waals surface area contributed by atoms with Crippen LogP contribution in [0.1, 0.15) is 0 Å². The molecule has 1 aliphatic heterocycles. The highest BCUT2D eigenvalue weighted by Gasteiger charge is 2.45. The van der Waals surface area contributed by atoms with Gasteiger partial charge in [0.1, 0.15) is 5.88 Å². The molecular formula is C17H13Cl3N4O4. The SMILES string of the molecule is NNC(=O)N1c2cc(Cl)c(Cl)cc2N(c2ccccc2)C(=O)C1OC(=O)CCl. The second kappa shape index (κ2) is 8.24. The van der Waals surface area contributed by atoms with Crippen molar-refractivity contribution in [2.75, 3.05) is 15.7 Å². The van der Waals surface area contributed by atoms with Crippen molar-refractivity contribution in [3.05, 3.63) is 52.5 Å². The van der Waals surface area contributed by atoms with Gasteiger partial charge in [-0.15, -0.1) is 11.6 Å². The molecule has 28 heavy (non-hydrogen) atoms. The van der Waals surface area contributed by atoms with E-state index in [1.165, 1.54) is 17.0 Å². The number of anilines is 3. The van der Waals surface area contributed by atoms with Gasteiger partial charge in [-0.1, -0.05) is 41.4 Å². The van der Waals surface area contributed by atoms with Gasteiger partial charge in [-0.3, -0.25) is 19.9 Å².